The summed E-state index contributed by atoms with van der Waals surface area (Å²) in [5.74, 6) is 1.64. The number of carbonyl (C=O) groups is 2. The fourth-order valence-electron chi connectivity index (χ4n) is 3.02. The summed E-state index contributed by atoms with van der Waals surface area (Å²) >= 11 is 5.87. The third-order valence-electron chi connectivity index (χ3n) is 4.68. The lowest BCUT2D eigenvalue weighted by molar-refractivity contribution is -0.144. The van der Waals surface area contributed by atoms with E-state index in [2.05, 4.69) is 10.6 Å². The van der Waals surface area contributed by atoms with Crippen molar-refractivity contribution in [3.63, 3.8) is 0 Å². The van der Waals surface area contributed by atoms with Crippen molar-refractivity contribution in [1.82, 2.24) is 9.62 Å². The van der Waals surface area contributed by atoms with E-state index in [1.54, 1.807) is 24.3 Å². The summed E-state index contributed by atoms with van der Waals surface area (Å²) in [6.07, 6.45) is -0.475. The summed E-state index contributed by atoms with van der Waals surface area (Å²) < 4.78 is 32.6. The van der Waals surface area contributed by atoms with E-state index in [-0.39, 0.29) is 4.90 Å². The van der Waals surface area contributed by atoms with Crippen LogP contribution >= 0.6 is 11.6 Å². The van der Waals surface area contributed by atoms with Gasteiger partial charge in [0, 0.05) is 18.1 Å². The molecule has 10 nitrogen and oxygen atoms in total. The van der Waals surface area contributed by atoms with Crippen molar-refractivity contribution in [2.45, 2.75) is 17.4 Å². The predicted molar refractivity (Wildman–Crippen MR) is 117 cm³/mol. The minimum Gasteiger partial charge on any atom is -0.480 e. The Bertz CT molecular complexity index is 1010. The molecule has 174 valence electrons. The third-order valence-corrected chi connectivity index (χ3v) is 6.42. The number of morpholine rings is 1. The van der Waals surface area contributed by atoms with Gasteiger partial charge in [-0.25, -0.2) is 14.3 Å². The number of benzene rings is 2. The molecule has 1 aliphatic heterocycles. The van der Waals surface area contributed by atoms with Crippen molar-refractivity contribution in [1.29, 1.82) is 0 Å². The highest BCUT2D eigenvalue weighted by molar-refractivity contribution is 7.89. The van der Waals surface area contributed by atoms with E-state index >= 15 is 0 Å². The molecule has 0 aliphatic carbocycles. The Morgan fingerprint density at radius 2 is 1.53 bits per heavy atom. The summed E-state index contributed by atoms with van der Waals surface area (Å²) in [5, 5.41) is 16.5. The highest BCUT2D eigenvalue weighted by Crippen LogP contribution is 2.23. The molecule has 1 heterocycles. The smallest absolute Gasteiger partial charge is 0.322 e. The number of aliphatic carboxylic acids is 1. The molecular weight excluding hydrogens is 462 g/mol. The number of carboxylic acids is 1. The summed E-state index contributed by atoms with van der Waals surface area (Å²) in [5.41, 5.74) is 1.64. The number of carboxylic acid groups (broad SMARTS) is 1. The zero-order valence-corrected chi connectivity index (χ0v) is 18.6. The van der Waals surface area contributed by atoms with E-state index < -0.39 is 34.4 Å². The van der Waals surface area contributed by atoms with Crippen LogP contribution < -0.4 is 10.6 Å². The van der Waals surface area contributed by atoms with E-state index in [1.165, 1.54) is 17.0 Å². The van der Waals surface area contributed by atoms with E-state index in [9.17, 15) is 23.1 Å². The second-order valence-electron chi connectivity index (χ2n) is 6.74. The SMILES string of the molecule is NO.O=C(O)[C@@H](CC(=O)N1CCOCC1)NS(=O)(=O)c1ccc(-c2ccc(Cl)cc2)cc1. The van der Waals surface area contributed by atoms with E-state index in [1.807, 2.05) is 12.1 Å². The standard InChI is InChI=1S/C20H21ClN2O6S.H3NO/c21-16-5-1-14(2-6-16)15-3-7-17(8-4-15)30(27,28)22-18(20(25)26)13-19(24)23-9-11-29-12-10-23;1-2/h1-8,18,22H,9-13H2,(H,25,26);2H,1H2/t18-;/m1./s1. The Morgan fingerprint density at radius 1 is 1.03 bits per heavy atom. The van der Waals surface area contributed by atoms with Gasteiger partial charge >= 0.3 is 5.97 Å². The molecule has 0 bridgehead atoms. The molecule has 0 radical (unpaired) electrons. The van der Waals surface area contributed by atoms with Gasteiger partial charge in [-0.1, -0.05) is 35.9 Å². The maximum atomic E-state index is 12.7. The quantitative estimate of drug-likeness (QED) is 0.427. The summed E-state index contributed by atoms with van der Waals surface area (Å²) in [7, 11) is -4.13. The normalized spacial score (nSPS) is 14.8. The number of ether oxygens (including phenoxy) is 1. The Morgan fingerprint density at radius 3 is 2.03 bits per heavy atom. The van der Waals surface area contributed by atoms with E-state index in [4.69, 9.17) is 21.5 Å². The first kappa shape index (κ1) is 25.7. The lowest BCUT2D eigenvalue weighted by Crippen LogP contribution is -2.47. The molecule has 12 heteroatoms. The van der Waals surface area contributed by atoms with Crippen LogP contribution in [0.4, 0.5) is 0 Å². The third kappa shape index (κ3) is 6.99. The topological polar surface area (TPSA) is 159 Å². The van der Waals surface area contributed by atoms with Gasteiger partial charge in [-0.2, -0.15) is 4.72 Å². The van der Waals surface area contributed by atoms with Gasteiger partial charge in [0.1, 0.15) is 6.04 Å². The van der Waals surface area contributed by atoms with Crippen LogP contribution in [0.3, 0.4) is 0 Å². The molecule has 0 spiro atoms. The summed E-state index contributed by atoms with van der Waals surface area (Å²) in [4.78, 5) is 25.3. The molecule has 1 saturated heterocycles. The van der Waals surface area contributed by atoms with Gasteiger partial charge in [-0.05, 0) is 35.4 Å². The molecule has 0 saturated carbocycles. The van der Waals surface area contributed by atoms with Gasteiger partial charge in [0.2, 0.25) is 15.9 Å². The van der Waals surface area contributed by atoms with Crippen LogP contribution in [0.15, 0.2) is 53.4 Å². The van der Waals surface area contributed by atoms with Crippen molar-refractivity contribution in [2.24, 2.45) is 5.90 Å². The number of nitrogens with zero attached hydrogens (tertiary/aromatic N) is 1. The fourth-order valence-corrected chi connectivity index (χ4v) is 4.34. The molecule has 1 aliphatic rings. The first-order valence-corrected chi connectivity index (χ1v) is 11.3. The Kier molecular flexibility index (Phi) is 9.57. The molecule has 1 fully saturated rings. The maximum Gasteiger partial charge on any atom is 0.322 e. The van der Waals surface area contributed by atoms with Crippen LogP contribution in [0.5, 0.6) is 0 Å². The molecule has 0 unspecified atom stereocenters. The van der Waals surface area contributed by atoms with Gasteiger partial charge in [0.15, 0.2) is 0 Å². The van der Waals surface area contributed by atoms with Gasteiger partial charge in [-0.15, -0.1) is 0 Å². The first-order chi connectivity index (χ1) is 15.3. The molecule has 2 aromatic carbocycles. The number of hydrogen-bond donors (Lipinski definition) is 4. The van der Waals surface area contributed by atoms with Crippen molar-refractivity contribution in [3.8, 4) is 11.1 Å². The average Bonchev–Trinajstić information content (AvgIpc) is 2.81. The molecule has 2 aromatic rings. The Hall–Kier alpha value is -2.54. The van der Waals surface area contributed by atoms with Crippen LogP contribution in [0, 0.1) is 0 Å². The Balaban J connectivity index is 0.00000176. The van der Waals surface area contributed by atoms with Crippen LogP contribution in [0.25, 0.3) is 11.1 Å². The minimum atomic E-state index is -4.13. The number of amides is 1. The maximum absolute atomic E-state index is 12.7. The highest BCUT2D eigenvalue weighted by atomic mass is 35.5. The van der Waals surface area contributed by atoms with Crippen molar-refractivity contribution in [2.75, 3.05) is 26.3 Å². The van der Waals surface area contributed by atoms with Crippen molar-refractivity contribution >= 4 is 33.5 Å². The highest BCUT2D eigenvalue weighted by Gasteiger charge is 2.30. The summed E-state index contributed by atoms with van der Waals surface area (Å²) in [6, 6.07) is 11.5. The van der Waals surface area contributed by atoms with Crippen LogP contribution in [-0.4, -0.2) is 67.9 Å². The van der Waals surface area contributed by atoms with E-state index in [0.29, 0.717) is 31.3 Å². The van der Waals surface area contributed by atoms with Gasteiger partial charge in [-0.3, -0.25) is 9.59 Å². The van der Waals surface area contributed by atoms with Crippen LogP contribution in [-0.2, 0) is 24.3 Å². The number of carbonyl (C=O) groups excluding carboxylic acids is 1. The number of nitrogens with one attached hydrogen (secondary N) is 1. The molecule has 3 rings (SSSR count). The summed E-state index contributed by atoms with van der Waals surface area (Å²) in [6.45, 7) is 1.44. The minimum absolute atomic E-state index is 0.0923. The monoisotopic (exact) mass is 485 g/mol. The zero-order valence-electron chi connectivity index (χ0n) is 17.0. The number of rotatable bonds is 7. The molecule has 32 heavy (non-hydrogen) atoms. The average molecular weight is 486 g/mol. The second kappa shape index (κ2) is 11.9. The van der Waals surface area contributed by atoms with Gasteiger partial charge in [0.25, 0.3) is 0 Å². The van der Waals surface area contributed by atoms with Crippen LogP contribution in [0.2, 0.25) is 5.02 Å². The lowest BCUT2D eigenvalue weighted by Gasteiger charge is -2.28. The lowest BCUT2D eigenvalue weighted by atomic mass is 10.1. The molecular formula is C20H24ClN3O7S. The first-order valence-electron chi connectivity index (χ1n) is 9.49. The number of halogens is 1. The predicted octanol–water partition coefficient (Wildman–Crippen LogP) is 1.32. The second-order valence-corrected chi connectivity index (χ2v) is 8.89. The van der Waals surface area contributed by atoms with Crippen molar-refractivity contribution < 1.29 is 33.1 Å². The fraction of sp³-hybridized carbons (Fsp3) is 0.300. The van der Waals surface area contributed by atoms with Crippen molar-refractivity contribution in [3.05, 3.63) is 53.6 Å². The molecule has 1 amide bonds. The van der Waals surface area contributed by atoms with Gasteiger partial charge in [0.05, 0.1) is 24.5 Å². The zero-order chi connectivity index (χ0) is 23.7. The largest absolute Gasteiger partial charge is 0.480 e. The van der Waals surface area contributed by atoms with Crippen LogP contribution in [0.1, 0.15) is 6.42 Å². The molecule has 0 aromatic heterocycles. The van der Waals surface area contributed by atoms with E-state index in [0.717, 1.165) is 11.1 Å². The number of hydrogen-bond acceptors (Lipinski definition) is 7. The van der Waals surface area contributed by atoms with Gasteiger partial charge < -0.3 is 20.0 Å². The Labute approximate surface area is 190 Å². The molecule has 5 N–H and O–H groups in total. The number of sulfonamides is 1. The molecule has 1 atom stereocenters. The number of nitrogens with two attached hydrogens (primary N) is 1.